The van der Waals surface area contributed by atoms with Crippen LogP contribution in [0.15, 0.2) is 54.6 Å². The molecule has 5 nitrogen and oxygen atoms in total. The number of rotatable bonds is 4. The maximum absolute atomic E-state index is 12.5. The Labute approximate surface area is 147 Å². The van der Waals surface area contributed by atoms with E-state index >= 15 is 0 Å². The van der Waals surface area contributed by atoms with Crippen LogP contribution in [0.25, 0.3) is 11.0 Å². The monoisotopic (exact) mass is 334 g/mol. The summed E-state index contributed by atoms with van der Waals surface area (Å²) in [6.45, 7) is 3.35. The number of aryl methyl sites for hydroxylation is 1. The van der Waals surface area contributed by atoms with E-state index < -0.39 is 0 Å². The molecule has 1 amide bonds. The lowest BCUT2D eigenvalue weighted by Crippen LogP contribution is -2.48. The number of hydrogen-bond acceptors (Lipinski definition) is 3. The maximum Gasteiger partial charge on any atom is 0.223 e. The van der Waals surface area contributed by atoms with Crippen LogP contribution in [-0.2, 0) is 11.2 Å². The lowest BCUT2D eigenvalue weighted by molar-refractivity contribution is -0.131. The Bertz CT molecular complexity index is 817. The molecule has 1 aromatic heterocycles. The summed E-state index contributed by atoms with van der Waals surface area (Å²) in [6.07, 6.45) is 1.16. The van der Waals surface area contributed by atoms with Gasteiger partial charge in [-0.1, -0.05) is 30.3 Å². The predicted molar refractivity (Wildman–Crippen MR) is 99.6 cm³/mol. The predicted octanol–water partition coefficient (Wildman–Crippen LogP) is 2.84. The lowest BCUT2D eigenvalue weighted by Gasteiger charge is -2.36. The highest BCUT2D eigenvalue weighted by atomic mass is 16.2. The van der Waals surface area contributed by atoms with E-state index in [0.717, 1.165) is 43.0 Å². The Kier molecular flexibility index (Phi) is 4.37. The van der Waals surface area contributed by atoms with Crippen LogP contribution < -0.4 is 4.90 Å². The number of anilines is 1. The first kappa shape index (κ1) is 15.7. The van der Waals surface area contributed by atoms with Crippen LogP contribution >= 0.6 is 0 Å². The van der Waals surface area contributed by atoms with Crippen molar-refractivity contribution in [3.63, 3.8) is 0 Å². The zero-order valence-electron chi connectivity index (χ0n) is 14.2. The van der Waals surface area contributed by atoms with Gasteiger partial charge in [0.1, 0.15) is 5.82 Å². The van der Waals surface area contributed by atoms with E-state index in [-0.39, 0.29) is 5.91 Å². The Balaban J connectivity index is 1.30. The molecule has 2 aromatic carbocycles. The molecule has 3 aromatic rings. The van der Waals surface area contributed by atoms with Gasteiger partial charge in [-0.2, -0.15) is 0 Å². The van der Waals surface area contributed by atoms with E-state index in [1.54, 1.807) is 0 Å². The Morgan fingerprint density at radius 3 is 2.44 bits per heavy atom. The zero-order chi connectivity index (χ0) is 17.1. The third-order valence-corrected chi connectivity index (χ3v) is 4.77. The highest BCUT2D eigenvalue weighted by Crippen LogP contribution is 2.16. The molecule has 25 heavy (non-hydrogen) atoms. The van der Waals surface area contributed by atoms with Crippen LogP contribution in [0.2, 0.25) is 0 Å². The number of nitrogens with zero attached hydrogens (tertiary/aromatic N) is 3. The fourth-order valence-electron chi connectivity index (χ4n) is 3.36. The number of aromatic nitrogens is 2. The van der Waals surface area contributed by atoms with Gasteiger partial charge in [0.15, 0.2) is 0 Å². The number of carbonyl (C=O) groups excluding carboxylic acids is 1. The molecule has 1 aliphatic heterocycles. The summed E-state index contributed by atoms with van der Waals surface area (Å²) in [4.78, 5) is 24.6. The molecular formula is C20H22N4O. The highest BCUT2D eigenvalue weighted by molar-refractivity contribution is 5.77. The van der Waals surface area contributed by atoms with Crippen LogP contribution in [0.5, 0.6) is 0 Å². The molecule has 0 aliphatic carbocycles. The minimum Gasteiger partial charge on any atom is -0.368 e. The van der Waals surface area contributed by atoms with Gasteiger partial charge < -0.3 is 14.8 Å². The first-order chi connectivity index (χ1) is 12.3. The van der Waals surface area contributed by atoms with Crippen molar-refractivity contribution in [3.05, 3.63) is 60.4 Å². The molecule has 4 rings (SSSR count). The summed E-state index contributed by atoms with van der Waals surface area (Å²) in [5.74, 6) is 1.10. The molecule has 0 atom stereocenters. The Morgan fingerprint density at radius 1 is 0.960 bits per heavy atom. The summed E-state index contributed by atoms with van der Waals surface area (Å²) >= 11 is 0. The molecule has 1 saturated heterocycles. The number of imidazole rings is 1. The Morgan fingerprint density at radius 2 is 1.68 bits per heavy atom. The van der Waals surface area contributed by atoms with Gasteiger partial charge in [-0.15, -0.1) is 0 Å². The summed E-state index contributed by atoms with van der Waals surface area (Å²) in [7, 11) is 0. The molecule has 5 heteroatoms. The highest BCUT2D eigenvalue weighted by Gasteiger charge is 2.21. The summed E-state index contributed by atoms with van der Waals surface area (Å²) in [5.41, 5.74) is 3.22. The summed E-state index contributed by atoms with van der Waals surface area (Å²) < 4.78 is 0. The first-order valence-electron chi connectivity index (χ1n) is 8.81. The molecule has 128 valence electrons. The van der Waals surface area contributed by atoms with Crippen LogP contribution in [0.4, 0.5) is 5.69 Å². The molecule has 1 fully saturated rings. The molecule has 0 radical (unpaired) electrons. The van der Waals surface area contributed by atoms with Crippen molar-refractivity contribution in [1.29, 1.82) is 0 Å². The van der Waals surface area contributed by atoms with Gasteiger partial charge in [0, 0.05) is 44.7 Å². The lowest BCUT2D eigenvalue weighted by atomic mass is 10.2. The van der Waals surface area contributed by atoms with Crippen molar-refractivity contribution in [2.75, 3.05) is 31.1 Å². The SMILES string of the molecule is O=C(CCc1nc2ccccc2[nH]1)N1CCN(c2ccccc2)CC1. The minimum atomic E-state index is 0.216. The molecule has 0 saturated carbocycles. The second kappa shape index (κ2) is 6.97. The van der Waals surface area contributed by atoms with E-state index in [1.807, 2.05) is 35.2 Å². The topological polar surface area (TPSA) is 52.2 Å². The van der Waals surface area contributed by atoms with Gasteiger partial charge in [-0.05, 0) is 24.3 Å². The second-order valence-electron chi connectivity index (χ2n) is 6.40. The number of fused-ring (bicyclic) bond motifs is 1. The van der Waals surface area contributed by atoms with Crippen LogP contribution in [0, 0.1) is 0 Å². The normalized spacial score (nSPS) is 14.9. The number of amides is 1. The van der Waals surface area contributed by atoms with Gasteiger partial charge in [0.25, 0.3) is 0 Å². The van der Waals surface area contributed by atoms with E-state index in [2.05, 4.69) is 39.1 Å². The van der Waals surface area contributed by atoms with Gasteiger partial charge >= 0.3 is 0 Å². The average molecular weight is 334 g/mol. The van der Waals surface area contributed by atoms with E-state index in [9.17, 15) is 4.79 Å². The Hall–Kier alpha value is -2.82. The number of piperazine rings is 1. The first-order valence-corrected chi connectivity index (χ1v) is 8.81. The molecule has 0 spiro atoms. The number of H-pyrrole nitrogens is 1. The fraction of sp³-hybridized carbons (Fsp3) is 0.300. The van der Waals surface area contributed by atoms with Crippen molar-refractivity contribution < 1.29 is 4.79 Å². The minimum absolute atomic E-state index is 0.216. The second-order valence-corrected chi connectivity index (χ2v) is 6.40. The standard InChI is InChI=1S/C20H22N4O/c25-20(11-10-19-21-17-8-4-5-9-18(17)22-19)24-14-12-23(13-15-24)16-6-2-1-3-7-16/h1-9H,10-15H2,(H,21,22). The van der Waals surface area contributed by atoms with Gasteiger partial charge in [-0.3, -0.25) is 4.79 Å². The number of aromatic amines is 1. The molecule has 0 bridgehead atoms. The van der Waals surface area contributed by atoms with Crippen LogP contribution in [-0.4, -0.2) is 47.0 Å². The smallest absolute Gasteiger partial charge is 0.223 e. The van der Waals surface area contributed by atoms with Gasteiger partial charge in [-0.25, -0.2) is 4.98 Å². The number of para-hydroxylation sites is 3. The molecule has 1 N–H and O–H groups in total. The molecule has 2 heterocycles. The van der Waals surface area contributed by atoms with E-state index in [0.29, 0.717) is 12.8 Å². The summed E-state index contributed by atoms with van der Waals surface area (Å²) in [5, 5.41) is 0. The van der Waals surface area contributed by atoms with Crippen molar-refractivity contribution in [1.82, 2.24) is 14.9 Å². The van der Waals surface area contributed by atoms with Gasteiger partial charge in [0.05, 0.1) is 11.0 Å². The van der Waals surface area contributed by atoms with Crippen molar-refractivity contribution in [2.45, 2.75) is 12.8 Å². The molecule has 0 unspecified atom stereocenters. The fourth-order valence-corrected chi connectivity index (χ4v) is 3.36. The van der Waals surface area contributed by atoms with E-state index in [4.69, 9.17) is 0 Å². The largest absolute Gasteiger partial charge is 0.368 e. The average Bonchev–Trinajstić information content (AvgIpc) is 3.10. The van der Waals surface area contributed by atoms with Crippen LogP contribution in [0.3, 0.4) is 0 Å². The van der Waals surface area contributed by atoms with Crippen molar-refractivity contribution in [3.8, 4) is 0 Å². The maximum atomic E-state index is 12.5. The van der Waals surface area contributed by atoms with Crippen molar-refractivity contribution in [2.24, 2.45) is 0 Å². The number of benzene rings is 2. The quantitative estimate of drug-likeness (QED) is 0.798. The number of nitrogens with one attached hydrogen (secondary N) is 1. The van der Waals surface area contributed by atoms with Crippen LogP contribution in [0.1, 0.15) is 12.2 Å². The van der Waals surface area contributed by atoms with Gasteiger partial charge in [0.2, 0.25) is 5.91 Å². The molecular weight excluding hydrogens is 312 g/mol. The molecule has 1 aliphatic rings. The third kappa shape index (κ3) is 3.50. The zero-order valence-corrected chi connectivity index (χ0v) is 14.2. The summed E-state index contributed by atoms with van der Waals surface area (Å²) in [6, 6.07) is 18.3. The number of carbonyl (C=O) groups is 1. The third-order valence-electron chi connectivity index (χ3n) is 4.77. The van der Waals surface area contributed by atoms with E-state index in [1.165, 1.54) is 5.69 Å². The van der Waals surface area contributed by atoms with Crippen molar-refractivity contribution >= 4 is 22.6 Å². The number of hydrogen-bond donors (Lipinski definition) is 1.